The second-order valence-corrected chi connectivity index (χ2v) is 8.64. The number of benzene rings is 1. The van der Waals surface area contributed by atoms with E-state index in [1.54, 1.807) is 0 Å². The largest absolute Gasteiger partial charge is 0.340 e. The average molecular weight is 369 g/mol. The Hall–Kier alpha value is -0.710. The lowest BCUT2D eigenvalue weighted by molar-refractivity contribution is -0.136. The van der Waals surface area contributed by atoms with Gasteiger partial charge in [0, 0.05) is 29.6 Å². The number of halogens is 1. The minimum absolute atomic E-state index is 0. The van der Waals surface area contributed by atoms with Gasteiger partial charge in [-0.25, -0.2) is 0 Å². The van der Waals surface area contributed by atoms with Gasteiger partial charge in [0.05, 0.1) is 5.92 Å². The van der Waals surface area contributed by atoms with Crippen molar-refractivity contribution in [1.29, 1.82) is 0 Å². The van der Waals surface area contributed by atoms with Gasteiger partial charge in [0.1, 0.15) is 0 Å². The zero-order valence-corrected chi connectivity index (χ0v) is 16.1. The van der Waals surface area contributed by atoms with Crippen molar-refractivity contribution in [3.63, 3.8) is 0 Å². The van der Waals surface area contributed by atoms with E-state index in [9.17, 15) is 4.79 Å². The summed E-state index contributed by atoms with van der Waals surface area (Å²) in [6.07, 6.45) is 6.51. The smallest absolute Gasteiger partial charge is 0.227 e. The Bertz CT molecular complexity index is 528. The zero-order valence-electron chi connectivity index (χ0n) is 14.4. The van der Waals surface area contributed by atoms with Gasteiger partial charge in [-0.1, -0.05) is 56.5 Å². The van der Waals surface area contributed by atoms with E-state index in [2.05, 4.69) is 16.7 Å². The molecule has 1 saturated carbocycles. The Morgan fingerprint density at radius 3 is 2.54 bits per heavy atom. The Balaban J connectivity index is 0.00000208. The second-order valence-electron chi connectivity index (χ2n) is 7.08. The molecule has 1 heterocycles. The van der Waals surface area contributed by atoms with Crippen LogP contribution in [-0.2, 0) is 4.79 Å². The molecule has 2 fully saturated rings. The van der Waals surface area contributed by atoms with Crippen molar-refractivity contribution in [3.8, 4) is 0 Å². The number of carbonyl (C=O) groups excluding carboxylic acids is 1. The highest BCUT2D eigenvalue weighted by atomic mass is 35.5. The Labute approximate surface area is 156 Å². The number of hydrogen-bond acceptors (Lipinski definition) is 3. The molecule has 0 radical (unpaired) electrons. The van der Waals surface area contributed by atoms with E-state index in [1.165, 1.54) is 32.1 Å². The highest BCUT2D eigenvalue weighted by molar-refractivity contribution is 8.00. The maximum Gasteiger partial charge on any atom is 0.227 e. The van der Waals surface area contributed by atoms with Crippen LogP contribution in [0.4, 0.5) is 0 Å². The summed E-state index contributed by atoms with van der Waals surface area (Å²) in [7, 11) is 0. The van der Waals surface area contributed by atoms with Crippen LogP contribution in [0.1, 0.15) is 50.6 Å². The van der Waals surface area contributed by atoms with E-state index in [0.717, 1.165) is 24.4 Å². The van der Waals surface area contributed by atoms with Crippen LogP contribution in [-0.4, -0.2) is 34.4 Å². The van der Waals surface area contributed by atoms with Crippen molar-refractivity contribution in [2.75, 3.05) is 18.8 Å². The molecule has 1 aliphatic heterocycles. The summed E-state index contributed by atoms with van der Waals surface area (Å²) in [6, 6.07) is 9.77. The zero-order chi connectivity index (χ0) is 16.3. The Morgan fingerprint density at radius 2 is 1.88 bits per heavy atom. The molecule has 134 valence electrons. The molecule has 1 aromatic rings. The lowest BCUT2D eigenvalue weighted by atomic mass is 9.87. The van der Waals surface area contributed by atoms with Crippen molar-refractivity contribution < 1.29 is 4.79 Å². The van der Waals surface area contributed by atoms with Gasteiger partial charge in [0.15, 0.2) is 0 Å². The number of hydrogen-bond donors (Lipinski definition) is 1. The molecule has 2 N–H and O–H groups in total. The van der Waals surface area contributed by atoms with Gasteiger partial charge < -0.3 is 10.6 Å². The third-order valence-corrected chi connectivity index (χ3v) is 6.97. The van der Waals surface area contributed by atoms with Crippen LogP contribution >= 0.6 is 24.2 Å². The van der Waals surface area contributed by atoms with Gasteiger partial charge in [0.2, 0.25) is 5.91 Å². The molecule has 1 aliphatic carbocycles. The van der Waals surface area contributed by atoms with Gasteiger partial charge >= 0.3 is 0 Å². The van der Waals surface area contributed by atoms with E-state index in [0.29, 0.717) is 4.75 Å². The van der Waals surface area contributed by atoms with E-state index < -0.39 is 0 Å². The van der Waals surface area contributed by atoms with Crippen molar-refractivity contribution in [1.82, 2.24) is 4.90 Å². The minimum atomic E-state index is -0.222. The SMILES string of the molecule is CC(C(=O)N1CCSC2(CCCCC2)C1)C(N)c1ccccc1.Cl. The third kappa shape index (κ3) is 4.27. The summed E-state index contributed by atoms with van der Waals surface area (Å²) in [5.41, 5.74) is 7.41. The van der Waals surface area contributed by atoms with Crippen molar-refractivity contribution in [2.45, 2.75) is 49.8 Å². The first kappa shape index (κ1) is 19.6. The van der Waals surface area contributed by atoms with Gasteiger partial charge in [-0.3, -0.25) is 4.79 Å². The van der Waals surface area contributed by atoms with Crippen LogP contribution in [0.2, 0.25) is 0 Å². The molecule has 2 unspecified atom stereocenters. The highest BCUT2D eigenvalue weighted by Crippen LogP contribution is 2.43. The van der Waals surface area contributed by atoms with E-state index in [-0.39, 0.29) is 30.3 Å². The topological polar surface area (TPSA) is 46.3 Å². The number of amides is 1. The summed E-state index contributed by atoms with van der Waals surface area (Å²) < 4.78 is 0.322. The van der Waals surface area contributed by atoms with Crippen LogP contribution in [0.25, 0.3) is 0 Å². The van der Waals surface area contributed by atoms with Crippen LogP contribution in [0.15, 0.2) is 30.3 Å². The van der Waals surface area contributed by atoms with Gasteiger partial charge in [-0.2, -0.15) is 11.8 Å². The minimum Gasteiger partial charge on any atom is -0.340 e. The van der Waals surface area contributed by atoms with Crippen molar-refractivity contribution >= 4 is 30.1 Å². The molecular formula is C19H29ClN2OS. The number of nitrogens with two attached hydrogens (primary N) is 1. The standard InChI is InChI=1S/C19H28N2OS.ClH/c1-15(17(20)16-8-4-2-5-9-16)18(22)21-12-13-23-19(14-21)10-6-3-7-11-19;/h2,4-5,8-9,15,17H,3,6-7,10-14,20H2,1H3;1H. The Morgan fingerprint density at radius 1 is 1.21 bits per heavy atom. The first-order valence-electron chi connectivity index (χ1n) is 8.85. The number of thioether (sulfide) groups is 1. The number of nitrogens with zero attached hydrogens (tertiary/aromatic N) is 1. The van der Waals surface area contributed by atoms with Gasteiger partial charge in [0.25, 0.3) is 0 Å². The quantitative estimate of drug-likeness (QED) is 0.876. The third-order valence-electron chi connectivity index (χ3n) is 5.44. The lowest BCUT2D eigenvalue weighted by Crippen LogP contribution is -2.52. The maximum absolute atomic E-state index is 13.0. The van der Waals surface area contributed by atoms with Crippen molar-refractivity contribution in [3.05, 3.63) is 35.9 Å². The molecule has 3 rings (SSSR count). The average Bonchev–Trinajstić information content (AvgIpc) is 2.61. The van der Waals surface area contributed by atoms with E-state index in [4.69, 9.17) is 5.73 Å². The molecule has 3 nitrogen and oxygen atoms in total. The highest BCUT2D eigenvalue weighted by Gasteiger charge is 2.40. The molecule has 1 saturated heterocycles. The molecular weight excluding hydrogens is 340 g/mol. The molecule has 2 atom stereocenters. The number of carbonyl (C=O) groups is 1. The fraction of sp³-hybridized carbons (Fsp3) is 0.632. The number of rotatable bonds is 3. The summed E-state index contributed by atoms with van der Waals surface area (Å²) in [6.45, 7) is 3.77. The predicted molar refractivity (Wildman–Crippen MR) is 105 cm³/mol. The molecule has 5 heteroatoms. The molecule has 24 heavy (non-hydrogen) atoms. The molecule has 0 aromatic heterocycles. The van der Waals surface area contributed by atoms with Crippen LogP contribution < -0.4 is 5.73 Å². The van der Waals surface area contributed by atoms with Crippen LogP contribution in [0, 0.1) is 5.92 Å². The maximum atomic E-state index is 13.0. The Kier molecular flexibility index (Phi) is 7.02. The summed E-state index contributed by atoms with van der Waals surface area (Å²) in [5, 5.41) is 0. The van der Waals surface area contributed by atoms with Crippen LogP contribution in [0.3, 0.4) is 0 Å². The summed E-state index contributed by atoms with van der Waals surface area (Å²) in [5.74, 6) is 1.13. The fourth-order valence-corrected chi connectivity index (χ4v) is 5.51. The summed E-state index contributed by atoms with van der Waals surface area (Å²) >= 11 is 2.10. The van der Waals surface area contributed by atoms with Gasteiger partial charge in [-0.05, 0) is 18.4 Å². The molecule has 1 amide bonds. The first-order valence-corrected chi connectivity index (χ1v) is 9.83. The second kappa shape index (κ2) is 8.59. The van der Waals surface area contributed by atoms with E-state index in [1.807, 2.05) is 37.3 Å². The monoisotopic (exact) mass is 368 g/mol. The molecule has 1 aromatic carbocycles. The van der Waals surface area contributed by atoms with Gasteiger partial charge in [-0.15, -0.1) is 12.4 Å². The summed E-state index contributed by atoms with van der Waals surface area (Å²) in [4.78, 5) is 15.1. The van der Waals surface area contributed by atoms with E-state index >= 15 is 0 Å². The van der Waals surface area contributed by atoms with Crippen LogP contribution in [0.5, 0.6) is 0 Å². The molecule has 2 aliphatic rings. The first-order chi connectivity index (χ1) is 11.1. The fourth-order valence-electron chi connectivity index (χ4n) is 3.94. The lowest BCUT2D eigenvalue weighted by Gasteiger charge is -2.45. The molecule has 1 spiro atoms. The predicted octanol–water partition coefficient (Wildman–Crippen LogP) is 4.02. The van der Waals surface area contributed by atoms with Crippen molar-refractivity contribution in [2.24, 2.45) is 11.7 Å². The molecule has 0 bridgehead atoms. The normalized spacial score (nSPS) is 22.5.